The van der Waals surface area contributed by atoms with Gasteiger partial charge >= 0.3 is 0 Å². The van der Waals surface area contributed by atoms with Gasteiger partial charge in [-0.3, -0.25) is 0 Å². The summed E-state index contributed by atoms with van der Waals surface area (Å²) in [5.41, 5.74) is 7.82. The summed E-state index contributed by atoms with van der Waals surface area (Å²) in [7, 11) is 0. The fraction of sp³-hybridized carbons (Fsp3) is 0.538. The van der Waals surface area contributed by atoms with Crippen LogP contribution >= 0.6 is 0 Å². The van der Waals surface area contributed by atoms with Gasteiger partial charge in [0.05, 0.1) is 31.5 Å². The average Bonchev–Trinajstić information content (AvgIpc) is 2.26. The maximum absolute atomic E-state index is 5.95. The number of hydrogen-bond donors (Lipinski definition) is 2. The summed E-state index contributed by atoms with van der Waals surface area (Å²) >= 11 is 0. The third kappa shape index (κ3) is 2.90. The van der Waals surface area contributed by atoms with Gasteiger partial charge in [0, 0.05) is 6.04 Å². The first-order valence-electron chi connectivity index (χ1n) is 6.06. The Balaban J connectivity index is 2.02. The molecular weight excluding hydrogens is 216 g/mol. The SMILES string of the molecule is CCOc1ccc(C(C)NC2COC2)cc1N. The molecule has 1 heterocycles. The lowest BCUT2D eigenvalue weighted by Crippen LogP contribution is -2.46. The number of benzene rings is 1. The lowest BCUT2D eigenvalue weighted by atomic mass is 10.1. The first-order chi connectivity index (χ1) is 8.20. The number of anilines is 1. The topological polar surface area (TPSA) is 56.5 Å². The number of nitrogens with one attached hydrogen (secondary N) is 1. The Morgan fingerprint density at radius 2 is 2.29 bits per heavy atom. The molecule has 1 aliphatic heterocycles. The molecule has 4 nitrogen and oxygen atoms in total. The van der Waals surface area contributed by atoms with Crippen LogP contribution in [0.2, 0.25) is 0 Å². The molecule has 0 amide bonds. The molecule has 1 aromatic rings. The van der Waals surface area contributed by atoms with E-state index in [9.17, 15) is 0 Å². The van der Waals surface area contributed by atoms with E-state index in [0.29, 0.717) is 18.3 Å². The van der Waals surface area contributed by atoms with Crippen molar-refractivity contribution >= 4 is 5.69 Å². The Hall–Kier alpha value is -1.26. The maximum Gasteiger partial charge on any atom is 0.142 e. The molecule has 4 heteroatoms. The van der Waals surface area contributed by atoms with Crippen LogP contribution in [0.4, 0.5) is 5.69 Å². The van der Waals surface area contributed by atoms with Gasteiger partial charge < -0.3 is 20.5 Å². The van der Waals surface area contributed by atoms with Gasteiger partial charge in [-0.2, -0.15) is 0 Å². The molecule has 1 unspecified atom stereocenters. The highest BCUT2D eigenvalue weighted by Crippen LogP contribution is 2.26. The molecule has 1 aliphatic rings. The van der Waals surface area contributed by atoms with Crippen LogP contribution in [-0.4, -0.2) is 25.9 Å². The van der Waals surface area contributed by atoms with Crippen LogP contribution in [0.1, 0.15) is 25.5 Å². The fourth-order valence-corrected chi connectivity index (χ4v) is 1.90. The lowest BCUT2D eigenvalue weighted by molar-refractivity contribution is -0.00925. The zero-order valence-electron chi connectivity index (χ0n) is 10.4. The third-order valence-electron chi connectivity index (χ3n) is 2.96. The standard InChI is InChI=1S/C13H20N2O2/c1-3-17-13-5-4-10(6-12(13)14)9(2)15-11-7-16-8-11/h4-6,9,11,15H,3,7-8,14H2,1-2H3. The van der Waals surface area contributed by atoms with Crippen molar-refractivity contribution in [2.45, 2.75) is 25.9 Å². The van der Waals surface area contributed by atoms with Gasteiger partial charge in [0.25, 0.3) is 0 Å². The Labute approximate surface area is 102 Å². The van der Waals surface area contributed by atoms with Crippen molar-refractivity contribution in [3.8, 4) is 5.75 Å². The van der Waals surface area contributed by atoms with Crippen molar-refractivity contribution in [3.05, 3.63) is 23.8 Å². The average molecular weight is 236 g/mol. The fourth-order valence-electron chi connectivity index (χ4n) is 1.90. The van der Waals surface area contributed by atoms with Gasteiger partial charge in [-0.1, -0.05) is 6.07 Å². The van der Waals surface area contributed by atoms with Gasteiger partial charge in [-0.25, -0.2) is 0 Å². The highest BCUT2D eigenvalue weighted by Gasteiger charge is 2.20. The van der Waals surface area contributed by atoms with Gasteiger partial charge in [-0.15, -0.1) is 0 Å². The summed E-state index contributed by atoms with van der Waals surface area (Å²) < 4.78 is 10.6. The predicted molar refractivity (Wildman–Crippen MR) is 68.2 cm³/mol. The molecule has 0 radical (unpaired) electrons. The zero-order valence-corrected chi connectivity index (χ0v) is 10.4. The number of nitrogen functional groups attached to an aromatic ring is 1. The lowest BCUT2D eigenvalue weighted by Gasteiger charge is -2.30. The molecule has 1 fully saturated rings. The van der Waals surface area contributed by atoms with E-state index in [0.717, 1.165) is 19.0 Å². The van der Waals surface area contributed by atoms with Gasteiger partial charge in [0.15, 0.2) is 0 Å². The molecule has 94 valence electrons. The van der Waals surface area contributed by atoms with Crippen LogP contribution in [0.25, 0.3) is 0 Å². The predicted octanol–water partition coefficient (Wildman–Crippen LogP) is 1.72. The third-order valence-corrected chi connectivity index (χ3v) is 2.96. The molecule has 17 heavy (non-hydrogen) atoms. The summed E-state index contributed by atoms with van der Waals surface area (Å²) in [5, 5.41) is 3.49. The van der Waals surface area contributed by atoms with Crippen molar-refractivity contribution in [3.63, 3.8) is 0 Å². The molecule has 2 rings (SSSR count). The second-order valence-electron chi connectivity index (χ2n) is 4.35. The number of ether oxygens (including phenoxy) is 2. The molecule has 0 spiro atoms. The van der Waals surface area contributed by atoms with E-state index in [1.807, 2.05) is 19.1 Å². The molecule has 0 bridgehead atoms. The summed E-state index contributed by atoms with van der Waals surface area (Å²) in [6.07, 6.45) is 0. The number of hydrogen-bond acceptors (Lipinski definition) is 4. The second kappa shape index (κ2) is 5.38. The minimum Gasteiger partial charge on any atom is -0.492 e. The van der Waals surface area contributed by atoms with E-state index in [2.05, 4.69) is 18.3 Å². The largest absolute Gasteiger partial charge is 0.492 e. The van der Waals surface area contributed by atoms with Crippen LogP contribution in [0.15, 0.2) is 18.2 Å². The van der Waals surface area contributed by atoms with Gasteiger partial charge in [0.2, 0.25) is 0 Å². The maximum atomic E-state index is 5.95. The van der Waals surface area contributed by atoms with Crippen LogP contribution in [-0.2, 0) is 4.74 Å². The second-order valence-corrected chi connectivity index (χ2v) is 4.35. The summed E-state index contributed by atoms with van der Waals surface area (Å²) in [5.74, 6) is 0.760. The molecular formula is C13H20N2O2. The zero-order chi connectivity index (χ0) is 12.3. The summed E-state index contributed by atoms with van der Waals surface area (Å²) in [6, 6.07) is 6.71. The molecule has 0 aromatic heterocycles. The molecule has 0 saturated carbocycles. The Morgan fingerprint density at radius 3 is 2.82 bits per heavy atom. The van der Waals surface area contributed by atoms with Crippen LogP contribution in [0.3, 0.4) is 0 Å². The van der Waals surface area contributed by atoms with E-state index in [1.165, 1.54) is 5.56 Å². The van der Waals surface area contributed by atoms with Crippen LogP contribution < -0.4 is 15.8 Å². The van der Waals surface area contributed by atoms with Crippen molar-refractivity contribution in [2.75, 3.05) is 25.6 Å². The van der Waals surface area contributed by atoms with E-state index in [-0.39, 0.29) is 6.04 Å². The molecule has 1 atom stereocenters. The smallest absolute Gasteiger partial charge is 0.142 e. The molecule has 0 aliphatic carbocycles. The van der Waals surface area contributed by atoms with Gasteiger partial charge in [0.1, 0.15) is 5.75 Å². The van der Waals surface area contributed by atoms with Crippen molar-refractivity contribution in [2.24, 2.45) is 0 Å². The number of nitrogens with two attached hydrogens (primary N) is 1. The molecule has 3 N–H and O–H groups in total. The highest BCUT2D eigenvalue weighted by atomic mass is 16.5. The van der Waals surface area contributed by atoms with Crippen LogP contribution in [0.5, 0.6) is 5.75 Å². The van der Waals surface area contributed by atoms with Crippen LogP contribution in [0, 0.1) is 0 Å². The van der Waals surface area contributed by atoms with E-state index >= 15 is 0 Å². The van der Waals surface area contributed by atoms with Crippen molar-refractivity contribution < 1.29 is 9.47 Å². The quantitative estimate of drug-likeness (QED) is 0.764. The van der Waals surface area contributed by atoms with E-state index < -0.39 is 0 Å². The minimum absolute atomic E-state index is 0.280. The molecule has 1 aromatic carbocycles. The monoisotopic (exact) mass is 236 g/mol. The Morgan fingerprint density at radius 1 is 1.53 bits per heavy atom. The van der Waals surface area contributed by atoms with E-state index in [1.54, 1.807) is 0 Å². The normalized spacial score (nSPS) is 17.5. The summed E-state index contributed by atoms with van der Waals surface area (Å²) in [4.78, 5) is 0. The molecule has 1 saturated heterocycles. The highest BCUT2D eigenvalue weighted by molar-refractivity contribution is 5.54. The van der Waals surface area contributed by atoms with Gasteiger partial charge in [-0.05, 0) is 31.5 Å². The first-order valence-corrected chi connectivity index (χ1v) is 6.06. The Kier molecular flexibility index (Phi) is 3.86. The number of rotatable bonds is 5. The van der Waals surface area contributed by atoms with Crippen molar-refractivity contribution in [1.29, 1.82) is 0 Å². The van der Waals surface area contributed by atoms with E-state index in [4.69, 9.17) is 15.2 Å². The van der Waals surface area contributed by atoms with Crippen molar-refractivity contribution in [1.82, 2.24) is 5.32 Å². The first kappa shape index (κ1) is 12.2. The minimum atomic E-state index is 0.280. The Bertz CT molecular complexity index is 378. The summed E-state index contributed by atoms with van der Waals surface area (Å²) in [6.45, 7) is 6.33.